The number of nitrogens with zero attached hydrogens (tertiary/aromatic N) is 1. The normalized spacial score (nSPS) is 15.7. The summed E-state index contributed by atoms with van der Waals surface area (Å²) in [6.45, 7) is 6.77. The zero-order valence-electron chi connectivity index (χ0n) is 19.4. The molecule has 2 amide bonds. The quantitative estimate of drug-likeness (QED) is 0.609. The van der Waals surface area contributed by atoms with E-state index in [9.17, 15) is 22.4 Å². The van der Waals surface area contributed by atoms with E-state index in [1.54, 1.807) is 19.9 Å². The number of sulfonamides is 1. The van der Waals surface area contributed by atoms with Crippen LogP contribution >= 0.6 is 0 Å². The van der Waals surface area contributed by atoms with Crippen LogP contribution in [-0.2, 0) is 19.6 Å². The second kappa shape index (κ2) is 9.88. The highest BCUT2D eigenvalue weighted by Gasteiger charge is 2.35. The molecule has 0 aliphatic carbocycles. The van der Waals surface area contributed by atoms with Gasteiger partial charge in [0.2, 0.25) is 5.91 Å². The highest BCUT2D eigenvalue weighted by atomic mass is 32.2. The third-order valence-electron chi connectivity index (χ3n) is 5.34. The molecule has 184 valence electrons. The summed E-state index contributed by atoms with van der Waals surface area (Å²) in [6, 6.07) is 9.03. The second-order valence-electron chi connectivity index (χ2n) is 8.48. The number of fused-ring (bicyclic) bond motifs is 1. The lowest BCUT2D eigenvalue weighted by molar-refractivity contribution is -0.119. The summed E-state index contributed by atoms with van der Waals surface area (Å²) in [6.07, 6.45) is -0.738. The Kier molecular flexibility index (Phi) is 7.35. The summed E-state index contributed by atoms with van der Waals surface area (Å²) < 4.78 is 52.7. The summed E-state index contributed by atoms with van der Waals surface area (Å²) in [5, 5.41) is 5.23. The van der Waals surface area contributed by atoms with Crippen LogP contribution in [0.15, 0.2) is 47.4 Å². The number of halogens is 1. The minimum Gasteiger partial charge on any atom is -0.484 e. The van der Waals surface area contributed by atoms with Gasteiger partial charge < -0.3 is 14.8 Å². The number of amides is 2. The minimum absolute atomic E-state index is 0.0860. The number of ether oxygens (including phenoxy) is 2. The molecule has 3 rings (SSSR count). The van der Waals surface area contributed by atoms with E-state index in [-0.39, 0.29) is 35.3 Å². The van der Waals surface area contributed by atoms with Crippen LogP contribution in [0.25, 0.3) is 0 Å². The number of carbonyl (C=O) groups is 2. The van der Waals surface area contributed by atoms with Crippen molar-refractivity contribution >= 4 is 33.4 Å². The van der Waals surface area contributed by atoms with Crippen molar-refractivity contribution in [1.82, 2.24) is 5.32 Å². The molecule has 9 nitrogen and oxygen atoms in total. The van der Waals surface area contributed by atoms with E-state index in [0.717, 1.165) is 16.4 Å². The van der Waals surface area contributed by atoms with Crippen molar-refractivity contribution in [2.45, 2.75) is 50.7 Å². The van der Waals surface area contributed by atoms with E-state index in [4.69, 9.17) is 9.47 Å². The molecule has 1 aliphatic rings. The Labute approximate surface area is 198 Å². The molecule has 0 saturated carbocycles. The smallest absolute Gasteiger partial charge is 0.412 e. The first-order valence-corrected chi connectivity index (χ1v) is 12.2. The van der Waals surface area contributed by atoms with E-state index >= 15 is 0 Å². The largest absolute Gasteiger partial charge is 0.484 e. The zero-order chi connectivity index (χ0) is 25.1. The van der Waals surface area contributed by atoms with Gasteiger partial charge in [-0.15, -0.1) is 0 Å². The van der Waals surface area contributed by atoms with Crippen LogP contribution in [0, 0.1) is 5.82 Å². The number of rotatable bonds is 7. The first-order chi connectivity index (χ1) is 15.9. The minimum atomic E-state index is -4.11. The Balaban J connectivity index is 1.96. The molecule has 2 aromatic rings. The van der Waals surface area contributed by atoms with Crippen molar-refractivity contribution in [2.24, 2.45) is 0 Å². The molecule has 34 heavy (non-hydrogen) atoms. The van der Waals surface area contributed by atoms with E-state index in [1.165, 1.54) is 31.2 Å². The number of benzene rings is 2. The Hall–Kier alpha value is -3.34. The second-order valence-corrected chi connectivity index (χ2v) is 10.3. The fourth-order valence-electron chi connectivity index (χ4n) is 3.18. The van der Waals surface area contributed by atoms with Crippen LogP contribution in [0.2, 0.25) is 0 Å². The molecule has 1 aliphatic heterocycles. The molecular formula is C23H28FN3O6S. The lowest BCUT2D eigenvalue weighted by atomic mass is 10.1. The Morgan fingerprint density at radius 3 is 2.50 bits per heavy atom. The van der Waals surface area contributed by atoms with E-state index in [0.29, 0.717) is 12.1 Å². The van der Waals surface area contributed by atoms with Crippen molar-refractivity contribution in [3.8, 4) is 5.75 Å². The predicted octanol–water partition coefficient (Wildman–Crippen LogP) is 3.66. The van der Waals surface area contributed by atoms with Gasteiger partial charge in [-0.05, 0) is 62.7 Å². The van der Waals surface area contributed by atoms with Gasteiger partial charge in [0.15, 0.2) is 0 Å². The number of hydrogen-bond donors (Lipinski definition) is 2. The van der Waals surface area contributed by atoms with Crippen LogP contribution in [0.4, 0.5) is 20.6 Å². The molecule has 1 atom stereocenters. The number of nitrogens with one attached hydrogen (secondary N) is 2. The van der Waals surface area contributed by atoms with Gasteiger partial charge in [0.1, 0.15) is 23.3 Å². The molecule has 0 bridgehead atoms. The van der Waals surface area contributed by atoms with Gasteiger partial charge in [-0.25, -0.2) is 17.6 Å². The Bertz CT molecular complexity index is 1170. The van der Waals surface area contributed by atoms with E-state index in [2.05, 4.69) is 10.6 Å². The molecule has 0 unspecified atom stereocenters. The van der Waals surface area contributed by atoms with Crippen LogP contribution in [-0.4, -0.2) is 45.2 Å². The molecule has 0 aromatic heterocycles. The molecule has 11 heteroatoms. The lowest BCUT2D eigenvalue weighted by Crippen LogP contribution is -2.48. The van der Waals surface area contributed by atoms with Crippen molar-refractivity contribution in [3.63, 3.8) is 0 Å². The summed E-state index contributed by atoms with van der Waals surface area (Å²) in [5.74, 6) is -0.597. The van der Waals surface area contributed by atoms with Crippen LogP contribution in [0.1, 0.15) is 34.1 Å². The van der Waals surface area contributed by atoms with Crippen molar-refractivity contribution in [1.29, 1.82) is 0 Å². The molecule has 0 radical (unpaired) electrons. The van der Waals surface area contributed by atoms with Gasteiger partial charge >= 0.3 is 6.09 Å². The summed E-state index contributed by atoms with van der Waals surface area (Å²) in [7, 11) is -4.11. The fraction of sp³-hybridized carbons (Fsp3) is 0.391. The molecular weight excluding hydrogens is 465 g/mol. The molecule has 1 heterocycles. The highest BCUT2D eigenvalue weighted by Crippen LogP contribution is 2.39. The first kappa shape index (κ1) is 25.3. The summed E-state index contributed by atoms with van der Waals surface area (Å²) in [4.78, 5) is 23.6. The van der Waals surface area contributed by atoms with Gasteiger partial charge in [-0.2, -0.15) is 0 Å². The van der Waals surface area contributed by atoms with Crippen LogP contribution in [0.5, 0.6) is 5.75 Å². The van der Waals surface area contributed by atoms with Crippen molar-refractivity contribution in [2.75, 3.05) is 22.7 Å². The highest BCUT2D eigenvalue weighted by molar-refractivity contribution is 7.92. The maximum absolute atomic E-state index is 13.5. The first-order valence-electron chi connectivity index (χ1n) is 10.7. The molecule has 0 spiro atoms. The maximum Gasteiger partial charge on any atom is 0.412 e. The lowest BCUT2D eigenvalue weighted by Gasteiger charge is -2.35. The summed E-state index contributed by atoms with van der Waals surface area (Å²) in [5.41, 5.74) is -0.175. The monoisotopic (exact) mass is 493 g/mol. The van der Waals surface area contributed by atoms with E-state index in [1.807, 2.05) is 6.92 Å². The Morgan fingerprint density at radius 1 is 1.21 bits per heavy atom. The Morgan fingerprint density at radius 2 is 1.88 bits per heavy atom. The third kappa shape index (κ3) is 5.96. The van der Waals surface area contributed by atoms with Gasteiger partial charge in [-0.3, -0.25) is 14.4 Å². The SMILES string of the molecule is CCC(C)(C)OC(=O)Nc1ccc2c(c1)N(S(=O)(=O)c1ccc(F)cc1)C[C@H](CNC(C)=O)O2. The molecule has 0 saturated heterocycles. The molecule has 2 aromatic carbocycles. The van der Waals surface area contributed by atoms with Crippen molar-refractivity contribution < 1.29 is 31.9 Å². The third-order valence-corrected chi connectivity index (χ3v) is 7.13. The fourth-order valence-corrected chi connectivity index (χ4v) is 4.68. The predicted molar refractivity (Wildman–Crippen MR) is 125 cm³/mol. The zero-order valence-corrected chi connectivity index (χ0v) is 20.2. The van der Waals surface area contributed by atoms with Gasteiger partial charge in [0.05, 0.1) is 23.7 Å². The summed E-state index contributed by atoms with van der Waals surface area (Å²) >= 11 is 0. The van der Waals surface area contributed by atoms with Gasteiger partial charge in [0, 0.05) is 12.6 Å². The molecule has 2 N–H and O–H groups in total. The number of carbonyl (C=O) groups excluding carboxylic acids is 2. The van der Waals surface area contributed by atoms with Crippen LogP contribution < -0.4 is 19.7 Å². The standard InChI is InChI=1S/C23H28FN3O6S/c1-5-23(3,4)33-22(29)26-17-8-11-21-20(12-17)27(14-18(32-21)13-25-15(2)28)34(30,31)19-9-6-16(24)7-10-19/h6-12,18H,5,13-14H2,1-4H3,(H,25,28)(H,26,29)/t18-/m0/s1. The maximum atomic E-state index is 13.5. The molecule has 0 fully saturated rings. The number of anilines is 2. The van der Waals surface area contributed by atoms with Gasteiger partial charge in [-0.1, -0.05) is 6.92 Å². The average molecular weight is 494 g/mol. The topological polar surface area (TPSA) is 114 Å². The van der Waals surface area contributed by atoms with Crippen LogP contribution in [0.3, 0.4) is 0 Å². The van der Waals surface area contributed by atoms with Gasteiger partial charge in [0.25, 0.3) is 10.0 Å². The van der Waals surface area contributed by atoms with E-state index < -0.39 is 33.6 Å². The van der Waals surface area contributed by atoms with Crippen molar-refractivity contribution in [3.05, 3.63) is 48.3 Å². The number of hydrogen-bond acceptors (Lipinski definition) is 6. The average Bonchev–Trinajstić information content (AvgIpc) is 2.77.